The van der Waals surface area contributed by atoms with Crippen LogP contribution in [0.5, 0.6) is 0 Å². The van der Waals surface area contributed by atoms with E-state index in [9.17, 15) is 9.18 Å². The fourth-order valence-corrected chi connectivity index (χ4v) is 1.82. The zero-order valence-corrected chi connectivity index (χ0v) is 11.3. The summed E-state index contributed by atoms with van der Waals surface area (Å²) < 4.78 is 17.7. The fraction of sp³-hybridized carbons (Fsp3) is 0.200. The Kier molecular flexibility index (Phi) is 4.30. The number of nitrogens with one attached hydrogen (secondary N) is 1. The van der Waals surface area contributed by atoms with Crippen LogP contribution >= 0.6 is 0 Å². The van der Waals surface area contributed by atoms with E-state index in [2.05, 4.69) is 15.0 Å². The number of carbonyl (C=O) groups excluding carboxylic acids is 1. The van der Waals surface area contributed by atoms with Crippen LogP contribution in [0.3, 0.4) is 0 Å². The molecule has 0 radical (unpaired) electrons. The molecule has 0 saturated carbocycles. The molecule has 4 nitrogen and oxygen atoms in total. The zero-order valence-electron chi connectivity index (χ0n) is 11.3. The van der Waals surface area contributed by atoms with E-state index in [1.807, 2.05) is 6.07 Å². The Morgan fingerprint density at radius 1 is 1.35 bits per heavy atom. The van der Waals surface area contributed by atoms with E-state index in [1.54, 1.807) is 25.1 Å². The number of esters is 1. The van der Waals surface area contributed by atoms with Crippen molar-refractivity contribution in [1.29, 1.82) is 0 Å². The second kappa shape index (κ2) is 6.14. The third kappa shape index (κ3) is 3.32. The van der Waals surface area contributed by atoms with Crippen LogP contribution in [0.4, 0.5) is 10.2 Å². The third-order valence-electron chi connectivity index (χ3n) is 2.85. The van der Waals surface area contributed by atoms with Gasteiger partial charge in [-0.3, -0.25) is 0 Å². The molecule has 2 rings (SSSR count). The molecule has 0 bridgehead atoms. The quantitative estimate of drug-likeness (QED) is 0.871. The van der Waals surface area contributed by atoms with Crippen molar-refractivity contribution in [2.45, 2.75) is 13.5 Å². The molecule has 5 heteroatoms. The van der Waals surface area contributed by atoms with E-state index in [4.69, 9.17) is 0 Å². The van der Waals surface area contributed by atoms with E-state index < -0.39 is 5.97 Å². The second-order valence-corrected chi connectivity index (χ2v) is 4.30. The molecule has 1 N–H and O–H groups in total. The number of halogens is 1. The summed E-state index contributed by atoms with van der Waals surface area (Å²) in [6.07, 6.45) is 0. The number of benzene rings is 1. The number of aryl methyl sites for hydroxylation is 1. The summed E-state index contributed by atoms with van der Waals surface area (Å²) in [6, 6.07) is 9.69. The molecule has 0 spiro atoms. The first-order valence-electron chi connectivity index (χ1n) is 6.14. The number of methoxy groups -OCH3 is 1. The van der Waals surface area contributed by atoms with E-state index in [1.165, 1.54) is 19.2 Å². The summed E-state index contributed by atoms with van der Waals surface area (Å²) in [4.78, 5) is 15.7. The second-order valence-electron chi connectivity index (χ2n) is 4.30. The Labute approximate surface area is 116 Å². The van der Waals surface area contributed by atoms with Crippen molar-refractivity contribution in [3.63, 3.8) is 0 Å². The van der Waals surface area contributed by atoms with Crippen molar-refractivity contribution in [1.82, 2.24) is 4.98 Å². The normalized spacial score (nSPS) is 10.2. The number of hydrogen-bond donors (Lipinski definition) is 1. The minimum atomic E-state index is -0.410. The summed E-state index contributed by atoms with van der Waals surface area (Å²) in [5.41, 5.74) is 1.84. The van der Waals surface area contributed by atoms with E-state index in [-0.39, 0.29) is 5.82 Å². The number of carbonyl (C=O) groups is 1. The maximum Gasteiger partial charge on any atom is 0.339 e. The number of aromatic nitrogens is 1. The molecule has 0 fully saturated rings. The summed E-state index contributed by atoms with van der Waals surface area (Å²) in [7, 11) is 1.33. The smallest absolute Gasteiger partial charge is 0.339 e. The largest absolute Gasteiger partial charge is 0.465 e. The van der Waals surface area contributed by atoms with Gasteiger partial charge in [0.2, 0.25) is 0 Å². The van der Waals surface area contributed by atoms with Gasteiger partial charge in [-0.2, -0.15) is 0 Å². The van der Waals surface area contributed by atoms with Gasteiger partial charge in [-0.1, -0.05) is 12.1 Å². The van der Waals surface area contributed by atoms with Crippen LogP contribution in [-0.2, 0) is 11.3 Å². The molecule has 20 heavy (non-hydrogen) atoms. The van der Waals surface area contributed by atoms with E-state index in [0.29, 0.717) is 23.6 Å². The molecule has 2 aromatic rings. The minimum absolute atomic E-state index is 0.269. The van der Waals surface area contributed by atoms with E-state index in [0.717, 1.165) is 5.56 Å². The molecule has 0 atom stereocenters. The molecule has 0 unspecified atom stereocenters. The highest BCUT2D eigenvalue weighted by Gasteiger charge is 2.10. The Bertz CT molecular complexity index is 629. The maximum absolute atomic E-state index is 13.0. The number of rotatable bonds is 4. The molecule has 1 aromatic carbocycles. The Balaban J connectivity index is 2.07. The van der Waals surface area contributed by atoms with Gasteiger partial charge < -0.3 is 10.1 Å². The monoisotopic (exact) mass is 274 g/mol. The lowest BCUT2D eigenvalue weighted by Gasteiger charge is -2.08. The predicted molar refractivity (Wildman–Crippen MR) is 74.0 cm³/mol. The highest BCUT2D eigenvalue weighted by molar-refractivity contribution is 5.90. The minimum Gasteiger partial charge on any atom is -0.465 e. The van der Waals surface area contributed by atoms with Gasteiger partial charge in [-0.15, -0.1) is 0 Å². The standard InChI is InChI=1S/C15H15FN2O2/c1-10-13(15(19)20-2)6-7-14(18-10)17-9-11-4-3-5-12(16)8-11/h3-8H,9H2,1-2H3,(H,17,18). The lowest BCUT2D eigenvalue weighted by atomic mass is 10.2. The van der Waals surface area contributed by atoms with Crippen molar-refractivity contribution in [3.8, 4) is 0 Å². The molecule has 0 amide bonds. The van der Waals surface area contributed by atoms with Gasteiger partial charge in [0, 0.05) is 6.54 Å². The summed E-state index contributed by atoms with van der Waals surface area (Å²) in [5, 5.41) is 3.08. The summed E-state index contributed by atoms with van der Waals surface area (Å²) in [6.45, 7) is 2.20. The van der Waals surface area contributed by atoms with Crippen LogP contribution in [0.2, 0.25) is 0 Å². The van der Waals surface area contributed by atoms with Gasteiger partial charge in [0.05, 0.1) is 18.4 Å². The van der Waals surface area contributed by atoms with Crippen LogP contribution < -0.4 is 5.32 Å². The SMILES string of the molecule is COC(=O)c1ccc(NCc2cccc(F)c2)nc1C. The number of hydrogen-bond acceptors (Lipinski definition) is 4. The van der Waals surface area contributed by atoms with Gasteiger partial charge >= 0.3 is 5.97 Å². The molecular weight excluding hydrogens is 259 g/mol. The van der Waals surface area contributed by atoms with Crippen LogP contribution in [-0.4, -0.2) is 18.1 Å². The highest BCUT2D eigenvalue weighted by atomic mass is 19.1. The van der Waals surface area contributed by atoms with Crippen molar-refractivity contribution in [2.24, 2.45) is 0 Å². The number of nitrogens with zero attached hydrogens (tertiary/aromatic N) is 1. The fourth-order valence-electron chi connectivity index (χ4n) is 1.82. The molecule has 104 valence electrons. The Morgan fingerprint density at radius 2 is 2.15 bits per heavy atom. The highest BCUT2D eigenvalue weighted by Crippen LogP contribution is 2.13. The average Bonchev–Trinajstić information content (AvgIpc) is 2.44. The number of pyridine rings is 1. The maximum atomic E-state index is 13.0. The Hall–Kier alpha value is -2.43. The first kappa shape index (κ1) is 14.0. The lowest BCUT2D eigenvalue weighted by Crippen LogP contribution is -2.08. The molecule has 0 aliphatic rings. The van der Waals surface area contributed by atoms with Crippen LogP contribution in [0.1, 0.15) is 21.6 Å². The lowest BCUT2D eigenvalue weighted by molar-refractivity contribution is 0.0599. The first-order chi connectivity index (χ1) is 9.60. The average molecular weight is 274 g/mol. The topological polar surface area (TPSA) is 51.2 Å². The van der Waals surface area contributed by atoms with E-state index >= 15 is 0 Å². The van der Waals surface area contributed by atoms with Crippen LogP contribution in [0.25, 0.3) is 0 Å². The molecule has 1 aromatic heterocycles. The van der Waals surface area contributed by atoms with Gasteiger partial charge in [0.25, 0.3) is 0 Å². The predicted octanol–water partition coefficient (Wildman–Crippen LogP) is 2.93. The van der Waals surface area contributed by atoms with Gasteiger partial charge in [0.1, 0.15) is 11.6 Å². The van der Waals surface area contributed by atoms with Crippen molar-refractivity contribution in [2.75, 3.05) is 12.4 Å². The molecule has 0 saturated heterocycles. The molecular formula is C15H15FN2O2. The zero-order chi connectivity index (χ0) is 14.5. The summed E-state index contributed by atoms with van der Waals surface area (Å²) in [5.74, 6) is -0.0550. The van der Waals surface area contributed by atoms with Crippen molar-refractivity contribution >= 4 is 11.8 Å². The van der Waals surface area contributed by atoms with Gasteiger partial charge in [-0.05, 0) is 36.8 Å². The van der Waals surface area contributed by atoms with Crippen LogP contribution in [0, 0.1) is 12.7 Å². The molecule has 0 aliphatic heterocycles. The van der Waals surface area contributed by atoms with Gasteiger partial charge in [-0.25, -0.2) is 14.2 Å². The van der Waals surface area contributed by atoms with Gasteiger partial charge in [0.15, 0.2) is 0 Å². The Morgan fingerprint density at radius 3 is 2.80 bits per heavy atom. The number of anilines is 1. The third-order valence-corrected chi connectivity index (χ3v) is 2.85. The van der Waals surface area contributed by atoms with Crippen molar-refractivity contribution in [3.05, 3.63) is 59.0 Å². The molecule has 0 aliphatic carbocycles. The van der Waals surface area contributed by atoms with Crippen LogP contribution in [0.15, 0.2) is 36.4 Å². The van der Waals surface area contributed by atoms with Crippen molar-refractivity contribution < 1.29 is 13.9 Å². The first-order valence-corrected chi connectivity index (χ1v) is 6.14. The summed E-state index contributed by atoms with van der Waals surface area (Å²) >= 11 is 0. The molecule has 1 heterocycles. The number of ether oxygens (including phenoxy) is 1.